The molecule has 0 unspecified atom stereocenters. The first-order valence-electron chi connectivity index (χ1n) is 9.47. The molecule has 0 fully saturated rings. The number of nitrogens with one attached hydrogen (secondary N) is 2. The van der Waals surface area contributed by atoms with Crippen molar-refractivity contribution in [2.45, 2.75) is 34.2 Å². The Bertz CT molecular complexity index is 1010. The monoisotopic (exact) mass is 390 g/mol. The number of benzene rings is 2. The Balaban J connectivity index is 1.75. The first-order chi connectivity index (χ1) is 13.9. The number of amides is 1. The van der Waals surface area contributed by atoms with Gasteiger partial charge in [0.2, 0.25) is 5.95 Å². The predicted octanol–water partition coefficient (Wildman–Crippen LogP) is 4.39. The zero-order valence-electron chi connectivity index (χ0n) is 17.5. The van der Waals surface area contributed by atoms with E-state index < -0.39 is 0 Å². The van der Waals surface area contributed by atoms with Crippen molar-refractivity contribution >= 4 is 17.5 Å². The third kappa shape index (κ3) is 5.10. The number of carbonyl (C=O) groups excluding carboxylic acids is 1. The lowest BCUT2D eigenvalue weighted by molar-refractivity contribution is 0.0945. The van der Waals surface area contributed by atoms with Crippen molar-refractivity contribution in [3.8, 4) is 5.75 Å². The molecule has 0 saturated carbocycles. The maximum absolute atomic E-state index is 12.6. The molecule has 29 heavy (non-hydrogen) atoms. The van der Waals surface area contributed by atoms with Crippen LogP contribution in [0.3, 0.4) is 0 Å². The standard InChI is InChI=1S/C23H26N4O2/c1-14-10-15(2)21(16(3)11-14)27-23-25-17(4)12-20(26-23)22(28)24-13-18-6-8-19(29-5)9-7-18/h6-12H,13H2,1-5H3,(H,24,28)(H,25,26,27). The molecule has 0 aliphatic carbocycles. The predicted molar refractivity (Wildman–Crippen MR) is 115 cm³/mol. The second-order valence-electron chi connectivity index (χ2n) is 7.15. The van der Waals surface area contributed by atoms with Crippen LogP contribution < -0.4 is 15.4 Å². The van der Waals surface area contributed by atoms with Crippen LogP contribution in [0.4, 0.5) is 11.6 Å². The highest BCUT2D eigenvalue weighted by Gasteiger charge is 2.12. The third-order valence-electron chi connectivity index (χ3n) is 4.61. The lowest BCUT2D eigenvalue weighted by Crippen LogP contribution is -2.24. The van der Waals surface area contributed by atoms with Crippen LogP contribution in [-0.2, 0) is 6.54 Å². The third-order valence-corrected chi connectivity index (χ3v) is 4.61. The molecular formula is C23H26N4O2. The average molecular weight is 390 g/mol. The van der Waals surface area contributed by atoms with Crippen LogP contribution in [0, 0.1) is 27.7 Å². The van der Waals surface area contributed by atoms with Crippen LogP contribution in [0.5, 0.6) is 5.75 Å². The van der Waals surface area contributed by atoms with E-state index in [4.69, 9.17) is 4.74 Å². The second-order valence-corrected chi connectivity index (χ2v) is 7.15. The van der Waals surface area contributed by atoms with E-state index in [0.29, 0.717) is 18.2 Å². The summed E-state index contributed by atoms with van der Waals surface area (Å²) in [5.74, 6) is 0.949. The molecule has 0 bridgehead atoms. The van der Waals surface area contributed by atoms with Crippen LogP contribution >= 0.6 is 0 Å². The second kappa shape index (κ2) is 8.73. The summed E-state index contributed by atoms with van der Waals surface area (Å²) in [5.41, 5.74) is 6.42. The van der Waals surface area contributed by atoms with Gasteiger partial charge in [0.05, 0.1) is 7.11 Å². The molecule has 6 heteroatoms. The molecule has 2 aromatic carbocycles. The van der Waals surface area contributed by atoms with Gasteiger partial charge in [-0.15, -0.1) is 0 Å². The van der Waals surface area contributed by atoms with Crippen molar-refractivity contribution in [1.82, 2.24) is 15.3 Å². The molecule has 0 saturated heterocycles. The SMILES string of the molecule is COc1ccc(CNC(=O)c2cc(C)nc(Nc3c(C)cc(C)cc3C)n2)cc1. The summed E-state index contributed by atoms with van der Waals surface area (Å²) in [6, 6.07) is 13.5. The first kappa shape index (κ1) is 20.3. The van der Waals surface area contributed by atoms with E-state index in [9.17, 15) is 4.79 Å². The Morgan fingerprint density at radius 3 is 2.24 bits per heavy atom. The van der Waals surface area contributed by atoms with Crippen molar-refractivity contribution in [3.05, 3.63) is 76.1 Å². The van der Waals surface area contributed by atoms with Crippen molar-refractivity contribution in [1.29, 1.82) is 0 Å². The molecular weight excluding hydrogens is 364 g/mol. The number of methoxy groups -OCH3 is 1. The fourth-order valence-electron chi connectivity index (χ4n) is 3.25. The minimum atomic E-state index is -0.244. The zero-order valence-corrected chi connectivity index (χ0v) is 17.5. The summed E-state index contributed by atoms with van der Waals surface area (Å²) in [5, 5.41) is 6.18. The van der Waals surface area contributed by atoms with Gasteiger partial charge in [0.1, 0.15) is 11.4 Å². The number of hydrogen-bond donors (Lipinski definition) is 2. The molecule has 0 radical (unpaired) electrons. The molecule has 3 rings (SSSR count). The highest BCUT2D eigenvalue weighted by Crippen LogP contribution is 2.24. The van der Waals surface area contributed by atoms with Crippen LogP contribution in [0.15, 0.2) is 42.5 Å². The van der Waals surface area contributed by atoms with Crippen LogP contribution in [-0.4, -0.2) is 23.0 Å². The van der Waals surface area contributed by atoms with Gasteiger partial charge in [-0.3, -0.25) is 4.79 Å². The Kier molecular flexibility index (Phi) is 6.12. The topological polar surface area (TPSA) is 76.1 Å². The molecule has 1 heterocycles. The van der Waals surface area contributed by atoms with Gasteiger partial charge >= 0.3 is 0 Å². The maximum Gasteiger partial charge on any atom is 0.270 e. The summed E-state index contributed by atoms with van der Waals surface area (Å²) >= 11 is 0. The summed E-state index contributed by atoms with van der Waals surface area (Å²) < 4.78 is 5.15. The summed E-state index contributed by atoms with van der Waals surface area (Å²) in [7, 11) is 1.62. The van der Waals surface area contributed by atoms with E-state index in [1.807, 2.05) is 45.0 Å². The lowest BCUT2D eigenvalue weighted by atomic mass is 10.1. The first-order valence-corrected chi connectivity index (χ1v) is 9.47. The number of aryl methyl sites for hydroxylation is 4. The highest BCUT2D eigenvalue weighted by molar-refractivity contribution is 5.92. The fraction of sp³-hybridized carbons (Fsp3) is 0.261. The van der Waals surface area contributed by atoms with E-state index in [1.165, 1.54) is 5.56 Å². The number of carbonyl (C=O) groups is 1. The van der Waals surface area contributed by atoms with E-state index in [0.717, 1.165) is 33.8 Å². The number of rotatable bonds is 6. The Morgan fingerprint density at radius 2 is 1.62 bits per heavy atom. The van der Waals surface area contributed by atoms with Gasteiger partial charge in [0.15, 0.2) is 0 Å². The van der Waals surface area contributed by atoms with Crippen LogP contribution in [0.1, 0.15) is 38.4 Å². The summed E-state index contributed by atoms with van der Waals surface area (Å²) in [4.78, 5) is 21.5. The Morgan fingerprint density at radius 1 is 0.966 bits per heavy atom. The van der Waals surface area contributed by atoms with Crippen molar-refractivity contribution < 1.29 is 9.53 Å². The number of hydrogen-bond acceptors (Lipinski definition) is 5. The minimum absolute atomic E-state index is 0.244. The Hall–Kier alpha value is -3.41. The number of aromatic nitrogens is 2. The highest BCUT2D eigenvalue weighted by atomic mass is 16.5. The quantitative estimate of drug-likeness (QED) is 0.653. The van der Waals surface area contributed by atoms with E-state index in [2.05, 4.69) is 39.7 Å². The molecule has 6 nitrogen and oxygen atoms in total. The van der Waals surface area contributed by atoms with Gasteiger partial charge < -0.3 is 15.4 Å². The van der Waals surface area contributed by atoms with Gasteiger partial charge in [-0.1, -0.05) is 29.8 Å². The molecule has 3 aromatic rings. The van der Waals surface area contributed by atoms with Gasteiger partial charge in [-0.05, 0) is 62.6 Å². The largest absolute Gasteiger partial charge is 0.497 e. The number of nitrogens with zero attached hydrogens (tertiary/aromatic N) is 2. The van der Waals surface area contributed by atoms with E-state index >= 15 is 0 Å². The summed E-state index contributed by atoms with van der Waals surface area (Å²) in [6.45, 7) is 8.41. The van der Waals surface area contributed by atoms with Gasteiger partial charge in [0.25, 0.3) is 5.91 Å². The molecule has 150 valence electrons. The zero-order chi connectivity index (χ0) is 21.0. The van der Waals surface area contributed by atoms with Gasteiger partial charge in [-0.2, -0.15) is 0 Å². The number of anilines is 2. The molecule has 0 aliphatic rings. The van der Waals surface area contributed by atoms with E-state index in [1.54, 1.807) is 13.2 Å². The molecule has 1 amide bonds. The minimum Gasteiger partial charge on any atom is -0.497 e. The van der Waals surface area contributed by atoms with Crippen molar-refractivity contribution in [2.75, 3.05) is 12.4 Å². The molecule has 1 aromatic heterocycles. The van der Waals surface area contributed by atoms with Crippen LogP contribution in [0.25, 0.3) is 0 Å². The molecule has 2 N–H and O–H groups in total. The molecule has 0 atom stereocenters. The molecule has 0 spiro atoms. The molecule has 0 aliphatic heterocycles. The normalized spacial score (nSPS) is 10.5. The van der Waals surface area contributed by atoms with Crippen molar-refractivity contribution in [3.63, 3.8) is 0 Å². The van der Waals surface area contributed by atoms with Gasteiger partial charge in [0, 0.05) is 17.9 Å². The average Bonchev–Trinajstić information content (AvgIpc) is 2.69. The lowest BCUT2D eigenvalue weighted by Gasteiger charge is -2.14. The van der Waals surface area contributed by atoms with Crippen LogP contribution in [0.2, 0.25) is 0 Å². The number of ether oxygens (including phenoxy) is 1. The maximum atomic E-state index is 12.6. The smallest absolute Gasteiger partial charge is 0.270 e. The van der Waals surface area contributed by atoms with Crippen molar-refractivity contribution in [2.24, 2.45) is 0 Å². The fourth-order valence-corrected chi connectivity index (χ4v) is 3.25. The summed E-state index contributed by atoms with van der Waals surface area (Å²) in [6.07, 6.45) is 0. The van der Waals surface area contributed by atoms with Gasteiger partial charge in [-0.25, -0.2) is 9.97 Å². The van der Waals surface area contributed by atoms with E-state index in [-0.39, 0.29) is 5.91 Å². The Labute approximate surface area is 171 Å².